The summed E-state index contributed by atoms with van der Waals surface area (Å²) < 4.78 is 56.1. The molecule has 252 valence electrons. The van der Waals surface area contributed by atoms with Crippen molar-refractivity contribution in [1.82, 2.24) is 14.1 Å². The van der Waals surface area contributed by atoms with Crippen molar-refractivity contribution in [3.05, 3.63) is 82.3 Å². The molecule has 14 heteroatoms. The average Bonchev–Trinajstić information content (AvgIpc) is 3.81. The second-order valence-electron chi connectivity index (χ2n) is 11.4. The van der Waals surface area contributed by atoms with E-state index in [1.807, 2.05) is 41.1 Å². The maximum atomic E-state index is 13.7. The van der Waals surface area contributed by atoms with Gasteiger partial charge in [0.15, 0.2) is 17.3 Å². The van der Waals surface area contributed by atoms with Gasteiger partial charge in [-0.25, -0.2) is 8.42 Å². The van der Waals surface area contributed by atoms with Gasteiger partial charge >= 0.3 is 0 Å². The van der Waals surface area contributed by atoms with Gasteiger partial charge in [-0.05, 0) is 70.4 Å². The lowest BCUT2D eigenvalue weighted by Gasteiger charge is -2.36. The topological polar surface area (TPSA) is 127 Å². The Morgan fingerprint density at radius 3 is 2.55 bits per heavy atom. The Morgan fingerprint density at radius 2 is 1.83 bits per heavy atom. The Morgan fingerprint density at radius 1 is 1.04 bits per heavy atom. The van der Waals surface area contributed by atoms with Gasteiger partial charge in [-0.15, -0.1) is 0 Å². The van der Waals surface area contributed by atoms with Crippen molar-refractivity contribution < 1.29 is 42.0 Å². The van der Waals surface area contributed by atoms with E-state index in [1.54, 1.807) is 28.4 Å². The molecule has 2 atom stereocenters. The summed E-state index contributed by atoms with van der Waals surface area (Å²) in [7, 11) is -2.39. The monoisotopic (exact) mass is 685 g/mol. The zero-order valence-electron chi connectivity index (χ0n) is 26.2. The number of hydrogen-bond acceptors (Lipinski definition) is 11. The van der Waals surface area contributed by atoms with E-state index in [9.17, 15) is 18.3 Å². The molecule has 2 unspecified atom stereocenters. The highest BCUT2D eigenvalue weighted by Crippen LogP contribution is 2.34. The van der Waals surface area contributed by atoms with Gasteiger partial charge in [0, 0.05) is 58.2 Å². The van der Waals surface area contributed by atoms with Crippen molar-refractivity contribution in [2.75, 3.05) is 66.4 Å². The Bertz CT molecular complexity index is 1640. The quantitative estimate of drug-likeness (QED) is 0.287. The van der Waals surface area contributed by atoms with Gasteiger partial charge in [0.1, 0.15) is 5.75 Å². The fourth-order valence-corrected chi connectivity index (χ4v) is 7.98. The molecule has 0 spiro atoms. The van der Waals surface area contributed by atoms with Crippen molar-refractivity contribution >= 4 is 27.3 Å². The van der Waals surface area contributed by atoms with E-state index in [0.717, 1.165) is 29.2 Å². The van der Waals surface area contributed by atoms with Gasteiger partial charge in [0.05, 0.1) is 25.2 Å². The van der Waals surface area contributed by atoms with Crippen molar-refractivity contribution in [3.63, 3.8) is 0 Å². The predicted octanol–water partition coefficient (Wildman–Crippen LogP) is 3.24. The minimum Gasteiger partial charge on any atom is -0.497 e. The van der Waals surface area contributed by atoms with Crippen molar-refractivity contribution in [2.24, 2.45) is 0 Å². The number of aliphatic hydroxyl groups is 1. The Kier molecular flexibility index (Phi) is 10.6. The second-order valence-corrected chi connectivity index (χ2v) is 14.1. The molecule has 1 aromatic heterocycles. The van der Waals surface area contributed by atoms with Gasteiger partial charge in [0.2, 0.25) is 23.1 Å². The molecule has 3 aromatic rings. The second kappa shape index (κ2) is 15.0. The number of benzene rings is 2. The maximum Gasteiger partial charge on any atom is 0.288 e. The van der Waals surface area contributed by atoms with E-state index in [-0.39, 0.29) is 55.6 Å². The van der Waals surface area contributed by atoms with Crippen LogP contribution in [0, 0.1) is 0 Å². The van der Waals surface area contributed by atoms with Gasteiger partial charge in [-0.1, -0.05) is 6.07 Å². The number of thiophene rings is 1. The van der Waals surface area contributed by atoms with Gasteiger partial charge in [-0.3, -0.25) is 9.69 Å². The number of methoxy groups -OCH3 is 1. The zero-order valence-corrected chi connectivity index (χ0v) is 27.8. The van der Waals surface area contributed by atoms with Gasteiger partial charge < -0.3 is 33.7 Å². The standard InChI is InChI=1S/C33H39N3O9S2/c1-41-27-3-5-28(6-4-27)47(39,40)36(13-15-37)14-16-42-32-20-26(25-8-17-46-22-25)19-31(45-32)33(38)35-11-9-34(10-12-35)21-24-2-7-29-30(18-24)44-23-43-29/h2-8,17-19,22,26,32,37H,9-16,20-21,23H2,1H3. The van der Waals surface area contributed by atoms with E-state index in [1.165, 1.54) is 23.5 Å². The number of fused-ring (bicyclic) bond motifs is 1. The highest BCUT2D eigenvalue weighted by atomic mass is 32.2. The van der Waals surface area contributed by atoms with Gasteiger partial charge in [0.25, 0.3) is 5.91 Å². The summed E-state index contributed by atoms with van der Waals surface area (Å²) in [4.78, 5) is 17.9. The van der Waals surface area contributed by atoms with Crippen LogP contribution in [0.25, 0.3) is 0 Å². The van der Waals surface area contributed by atoms with Crippen LogP contribution in [0.4, 0.5) is 0 Å². The third kappa shape index (κ3) is 7.91. The predicted molar refractivity (Wildman–Crippen MR) is 174 cm³/mol. The minimum atomic E-state index is -3.89. The summed E-state index contributed by atoms with van der Waals surface area (Å²) >= 11 is 1.58. The summed E-state index contributed by atoms with van der Waals surface area (Å²) in [5, 5.41) is 13.6. The number of rotatable bonds is 13. The lowest BCUT2D eigenvalue weighted by molar-refractivity contribution is -0.154. The van der Waals surface area contributed by atoms with Crippen LogP contribution in [-0.2, 0) is 30.8 Å². The molecule has 0 aliphatic carbocycles. The number of hydrogen-bond donors (Lipinski definition) is 1. The molecule has 0 saturated carbocycles. The summed E-state index contributed by atoms with van der Waals surface area (Å²) in [5.74, 6) is 2.01. The molecule has 1 N–H and O–H groups in total. The molecule has 1 fully saturated rings. The Balaban J connectivity index is 1.06. The van der Waals surface area contributed by atoms with Crippen LogP contribution in [0.15, 0.2) is 76.0 Å². The smallest absolute Gasteiger partial charge is 0.288 e. The first-order valence-electron chi connectivity index (χ1n) is 15.5. The molecule has 12 nitrogen and oxygen atoms in total. The van der Waals surface area contributed by atoms with Crippen molar-refractivity contribution in [1.29, 1.82) is 0 Å². The van der Waals surface area contributed by atoms with Crippen LogP contribution < -0.4 is 14.2 Å². The fourth-order valence-electron chi connectivity index (χ4n) is 5.84. The number of nitrogens with zero attached hydrogens (tertiary/aromatic N) is 3. The van der Waals surface area contributed by atoms with E-state index in [0.29, 0.717) is 38.3 Å². The van der Waals surface area contributed by atoms with Crippen molar-refractivity contribution in [3.8, 4) is 17.2 Å². The summed E-state index contributed by atoms with van der Waals surface area (Å²) in [6, 6.07) is 14.1. The number of carbonyl (C=O) groups excluding carboxylic acids is 1. The van der Waals surface area contributed by atoms with Crippen LogP contribution in [0.5, 0.6) is 17.2 Å². The number of aliphatic hydroxyl groups excluding tert-OH is 1. The average molecular weight is 686 g/mol. The Labute approximate surface area is 278 Å². The number of piperazine rings is 1. The van der Waals surface area contributed by atoms with Crippen LogP contribution in [-0.4, -0.2) is 106 Å². The van der Waals surface area contributed by atoms with E-state index in [2.05, 4.69) is 4.90 Å². The first kappa shape index (κ1) is 33.2. The number of ether oxygens (including phenoxy) is 5. The molecule has 2 aromatic carbocycles. The maximum absolute atomic E-state index is 13.7. The number of allylic oxidation sites excluding steroid dienone is 1. The Hall–Kier alpha value is -3.66. The third-order valence-corrected chi connectivity index (χ3v) is 11.0. The number of sulfonamides is 1. The fraction of sp³-hybridized carbons (Fsp3) is 0.424. The van der Waals surface area contributed by atoms with Crippen molar-refractivity contribution in [2.45, 2.75) is 30.1 Å². The van der Waals surface area contributed by atoms with E-state index >= 15 is 0 Å². The normalized spacial score (nSPS) is 19.8. The third-order valence-electron chi connectivity index (χ3n) is 8.43. The van der Waals surface area contributed by atoms with Crippen LogP contribution in [0.3, 0.4) is 0 Å². The minimum absolute atomic E-state index is 0.00375. The molecule has 1 amide bonds. The lowest BCUT2D eigenvalue weighted by atomic mass is 9.95. The molecule has 47 heavy (non-hydrogen) atoms. The van der Waals surface area contributed by atoms with E-state index in [4.69, 9.17) is 23.7 Å². The molecular formula is C33H39N3O9S2. The highest BCUT2D eigenvalue weighted by Gasteiger charge is 2.33. The van der Waals surface area contributed by atoms with Crippen LogP contribution >= 0.6 is 11.3 Å². The summed E-state index contributed by atoms with van der Waals surface area (Å²) in [6.45, 7) is 3.09. The summed E-state index contributed by atoms with van der Waals surface area (Å²) in [6.07, 6.45) is 1.59. The lowest BCUT2D eigenvalue weighted by Crippen LogP contribution is -2.49. The van der Waals surface area contributed by atoms with Gasteiger partial charge in [-0.2, -0.15) is 15.6 Å². The van der Waals surface area contributed by atoms with E-state index < -0.39 is 16.3 Å². The first-order valence-corrected chi connectivity index (χ1v) is 17.9. The zero-order chi connectivity index (χ0) is 32.8. The molecule has 0 radical (unpaired) electrons. The molecule has 4 heterocycles. The number of amides is 1. The molecular weight excluding hydrogens is 647 g/mol. The molecule has 1 saturated heterocycles. The molecule has 0 bridgehead atoms. The number of carbonyl (C=O) groups is 1. The SMILES string of the molecule is COc1ccc(S(=O)(=O)N(CCO)CCOC2CC(c3ccsc3)C=C(C(=O)N3CCN(Cc4ccc5c(c4)OCO5)CC3)O2)cc1. The molecule has 6 rings (SSSR count). The molecule has 3 aliphatic heterocycles. The van der Waals surface area contributed by atoms with Crippen LogP contribution in [0.1, 0.15) is 23.5 Å². The highest BCUT2D eigenvalue weighted by molar-refractivity contribution is 7.89. The largest absolute Gasteiger partial charge is 0.497 e. The summed E-state index contributed by atoms with van der Waals surface area (Å²) in [5.41, 5.74) is 2.19. The first-order chi connectivity index (χ1) is 22.8. The molecule has 3 aliphatic rings. The van der Waals surface area contributed by atoms with Crippen LogP contribution in [0.2, 0.25) is 0 Å².